The first-order valence-electron chi connectivity index (χ1n) is 7.58. The number of anilines is 1. The summed E-state index contributed by atoms with van der Waals surface area (Å²) in [5, 5.41) is 1.53. The first-order valence-corrected chi connectivity index (χ1v) is 8.56. The third kappa shape index (κ3) is 4.66. The van der Waals surface area contributed by atoms with Crippen molar-refractivity contribution < 1.29 is 31.5 Å². The molecule has 0 saturated heterocycles. The summed E-state index contributed by atoms with van der Waals surface area (Å²) in [4.78, 5) is 12.6. The van der Waals surface area contributed by atoms with Gasteiger partial charge in [0.1, 0.15) is 11.4 Å². The van der Waals surface area contributed by atoms with Crippen LogP contribution in [-0.2, 0) is 0 Å². The molecule has 0 radical (unpaired) electrons. The Morgan fingerprint density at radius 2 is 1.50 bits per heavy atom. The summed E-state index contributed by atoms with van der Waals surface area (Å²) in [6, 6.07) is 6.27. The van der Waals surface area contributed by atoms with Crippen molar-refractivity contribution in [2.24, 2.45) is 0 Å². The van der Waals surface area contributed by atoms with Crippen molar-refractivity contribution >= 4 is 23.5 Å². The number of thioether (sulfide) groups is 1. The van der Waals surface area contributed by atoms with Crippen LogP contribution in [0.5, 0.6) is 5.75 Å². The quantitative estimate of drug-likeness (QED) is 0.220. The summed E-state index contributed by atoms with van der Waals surface area (Å²) < 4.78 is 71.0. The highest BCUT2D eigenvalue weighted by atomic mass is 32.2. The lowest BCUT2D eigenvalue weighted by Gasteiger charge is -2.10. The largest absolute Gasteiger partial charge is 0.417 e. The van der Waals surface area contributed by atoms with Crippen LogP contribution in [-0.4, -0.2) is 11.8 Å². The van der Waals surface area contributed by atoms with Gasteiger partial charge in [-0.15, -0.1) is 11.8 Å². The van der Waals surface area contributed by atoms with Crippen LogP contribution >= 0.6 is 11.8 Å². The number of nitrogens with one attached hydrogen (secondary N) is 1. The van der Waals surface area contributed by atoms with E-state index in [1.807, 2.05) is 0 Å². The van der Waals surface area contributed by atoms with Crippen molar-refractivity contribution in [1.82, 2.24) is 0 Å². The van der Waals surface area contributed by atoms with E-state index < -0.39 is 40.9 Å². The molecule has 0 aromatic heterocycles. The van der Waals surface area contributed by atoms with Gasteiger partial charge >= 0.3 is 6.09 Å². The molecule has 0 saturated carbocycles. The summed E-state index contributed by atoms with van der Waals surface area (Å²) >= 11 is 1.61. The highest BCUT2D eigenvalue weighted by Gasteiger charge is 2.27. The molecule has 3 nitrogen and oxygen atoms in total. The molecule has 26 heavy (non-hydrogen) atoms. The molecule has 1 amide bonds. The lowest BCUT2D eigenvalue weighted by molar-refractivity contribution is 0.214. The number of amides is 1. The highest BCUT2D eigenvalue weighted by Crippen LogP contribution is 2.28. The Morgan fingerprint density at radius 1 is 0.962 bits per heavy atom. The van der Waals surface area contributed by atoms with Gasteiger partial charge in [-0.25, -0.2) is 26.7 Å². The van der Waals surface area contributed by atoms with E-state index >= 15 is 0 Å². The average Bonchev–Trinajstić information content (AvgIpc) is 2.63. The first-order chi connectivity index (χ1) is 12.3. The number of halogens is 5. The van der Waals surface area contributed by atoms with Crippen LogP contribution in [0, 0.1) is 29.1 Å². The van der Waals surface area contributed by atoms with Gasteiger partial charge in [-0.05, 0) is 36.4 Å². The molecule has 0 fully saturated rings. The van der Waals surface area contributed by atoms with Gasteiger partial charge in [0, 0.05) is 4.90 Å². The SMILES string of the molecule is CCCCSc1ccc(OC(=O)Nc2c(F)c(F)c(F)c(F)c2F)cc1. The number of carbonyl (C=O) groups excluding carboxylic acids is 1. The highest BCUT2D eigenvalue weighted by molar-refractivity contribution is 7.99. The van der Waals surface area contributed by atoms with Crippen molar-refractivity contribution in [3.63, 3.8) is 0 Å². The Hall–Kier alpha value is -2.29. The van der Waals surface area contributed by atoms with Gasteiger partial charge in [-0.1, -0.05) is 13.3 Å². The number of hydrogen-bond acceptors (Lipinski definition) is 3. The molecule has 1 N–H and O–H groups in total. The molecule has 0 spiro atoms. The summed E-state index contributed by atoms with van der Waals surface area (Å²) in [6.45, 7) is 2.07. The maximum Gasteiger partial charge on any atom is 0.417 e. The van der Waals surface area contributed by atoms with Crippen LogP contribution in [0.25, 0.3) is 0 Å². The fourth-order valence-electron chi connectivity index (χ4n) is 1.89. The maximum atomic E-state index is 13.5. The fourth-order valence-corrected chi connectivity index (χ4v) is 2.88. The Labute approximate surface area is 150 Å². The molecular weight excluding hydrogens is 377 g/mol. The average molecular weight is 391 g/mol. The van der Waals surface area contributed by atoms with Crippen molar-refractivity contribution in [1.29, 1.82) is 0 Å². The summed E-state index contributed by atoms with van der Waals surface area (Å²) in [7, 11) is 0. The molecule has 2 rings (SSSR count). The van der Waals surface area contributed by atoms with Crippen molar-refractivity contribution in [3.05, 3.63) is 53.4 Å². The molecule has 0 atom stereocenters. The maximum absolute atomic E-state index is 13.5. The van der Waals surface area contributed by atoms with E-state index in [1.54, 1.807) is 23.9 Å². The van der Waals surface area contributed by atoms with E-state index in [0.29, 0.717) is 0 Å². The zero-order chi connectivity index (χ0) is 19.3. The molecule has 9 heteroatoms. The van der Waals surface area contributed by atoms with E-state index in [9.17, 15) is 26.7 Å². The molecule has 0 heterocycles. The molecule has 0 aliphatic heterocycles. The number of ether oxygens (including phenoxy) is 1. The second-order valence-corrected chi connectivity index (χ2v) is 6.30. The normalized spacial score (nSPS) is 10.7. The van der Waals surface area contributed by atoms with Gasteiger partial charge < -0.3 is 4.74 Å². The molecule has 140 valence electrons. The minimum atomic E-state index is -2.31. The number of unbranched alkanes of at least 4 members (excludes halogenated alkanes) is 1. The topological polar surface area (TPSA) is 38.3 Å². The zero-order valence-electron chi connectivity index (χ0n) is 13.5. The van der Waals surface area contributed by atoms with E-state index in [2.05, 4.69) is 6.92 Å². The third-order valence-electron chi connectivity index (χ3n) is 3.24. The van der Waals surface area contributed by atoms with E-state index in [0.717, 1.165) is 23.5 Å². The summed E-state index contributed by atoms with van der Waals surface area (Å²) in [5.41, 5.74) is -1.47. The van der Waals surface area contributed by atoms with Gasteiger partial charge in [0.05, 0.1) is 0 Å². The smallest absolute Gasteiger partial charge is 0.410 e. The van der Waals surface area contributed by atoms with Crippen LogP contribution in [0.15, 0.2) is 29.2 Å². The summed E-state index contributed by atoms with van der Waals surface area (Å²) in [5.74, 6) is -9.96. The third-order valence-corrected chi connectivity index (χ3v) is 4.34. The lowest BCUT2D eigenvalue weighted by Crippen LogP contribution is -2.20. The molecule has 2 aromatic rings. The van der Waals surface area contributed by atoms with Crippen molar-refractivity contribution in [3.8, 4) is 5.75 Å². The van der Waals surface area contributed by atoms with Gasteiger partial charge in [0.25, 0.3) is 0 Å². The predicted octanol–water partition coefficient (Wildman–Crippen LogP) is 5.89. The summed E-state index contributed by atoms with van der Waals surface area (Å²) in [6.07, 6.45) is 0.721. The molecule has 0 aliphatic rings. The molecule has 0 aliphatic carbocycles. The zero-order valence-corrected chi connectivity index (χ0v) is 14.4. The number of carbonyl (C=O) groups is 1. The van der Waals surface area contributed by atoms with Crippen LogP contribution in [0.4, 0.5) is 32.4 Å². The Balaban J connectivity index is 2.05. The second-order valence-electron chi connectivity index (χ2n) is 5.13. The van der Waals surface area contributed by atoms with Crippen LogP contribution in [0.2, 0.25) is 0 Å². The molecule has 0 unspecified atom stereocenters. The van der Waals surface area contributed by atoms with E-state index in [1.165, 1.54) is 17.4 Å². The fraction of sp³-hybridized carbons (Fsp3) is 0.235. The lowest BCUT2D eigenvalue weighted by atomic mass is 10.2. The van der Waals surface area contributed by atoms with Crippen molar-refractivity contribution in [2.45, 2.75) is 24.7 Å². The van der Waals surface area contributed by atoms with Gasteiger partial charge in [0.15, 0.2) is 23.3 Å². The van der Waals surface area contributed by atoms with Crippen molar-refractivity contribution in [2.75, 3.05) is 11.1 Å². The van der Waals surface area contributed by atoms with Gasteiger partial charge in [0.2, 0.25) is 5.82 Å². The number of hydrogen-bond donors (Lipinski definition) is 1. The van der Waals surface area contributed by atoms with E-state index in [-0.39, 0.29) is 5.75 Å². The standard InChI is InChI=1S/C17H14F5NO2S/c1-2-3-8-26-10-6-4-9(5-7-10)25-17(24)23-16-14(21)12(19)11(18)13(20)15(16)22/h4-7H,2-3,8H2,1H3,(H,23,24). The number of benzene rings is 2. The van der Waals surface area contributed by atoms with Gasteiger partial charge in [-0.2, -0.15) is 0 Å². The van der Waals surface area contributed by atoms with Crippen LogP contribution in [0.1, 0.15) is 19.8 Å². The molecule has 0 bridgehead atoms. The molecular formula is C17H14F5NO2S. The number of rotatable bonds is 6. The first kappa shape index (κ1) is 20.0. The second kappa shape index (κ2) is 8.88. The Kier molecular flexibility index (Phi) is 6.84. The monoisotopic (exact) mass is 391 g/mol. The minimum absolute atomic E-state index is 0.0474. The Bertz CT molecular complexity index is 770. The van der Waals surface area contributed by atoms with E-state index in [4.69, 9.17) is 4.74 Å². The predicted molar refractivity (Wildman–Crippen MR) is 88.0 cm³/mol. The van der Waals surface area contributed by atoms with Crippen LogP contribution < -0.4 is 10.1 Å². The molecule has 2 aromatic carbocycles. The Morgan fingerprint density at radius 3 is 2.04 bits per heavy atom. The van der Waals surface area contributed by atoms with Crippen LogP contribution in [0.3, 0.4) is 0 Å². The minimum Gasteiger partial charge on any atom is -0.410 e. The van der Waals surface area contributed by atoms with Gasteiger partial charge in [-0.3, -0.25) is 5.32 Å².